The summed E-state index contributed by atoms with van der Waals surface area (Å²) in [6, 6.07) is 8.64. The highest BCUT2D eigenvalue weighted by Gasteiger charge is 2.15. The lowest BCUT2D eigenvalue weighted by molar-refractivity contribution is -0.129. The van der Waals surface area contributed by atoms with Gasteiger partial charge in [-0.25, -0.2) is 0 Å². The standard InChI is InChI=1S/C10H13NO3/c12-7-6-11-10(14)9(13)8-4-2-1-3-5-8/h1-5,9,12-13H,6-7H2,(H,11,14). The molecule has 0 aliphatic rings. The zero-order valence-corrected chi connectivity index (χ0v) is 7.68. The summed E-state index contributed by atoms with van der Waals surface area (Å²) in [4.78, 5) is 11.2. The van der Waals surface area contributed by atoms with E-state index in [9.17, 15) is 9.90 Å². The summed E-state index contributed by atoms with van der Waals surface area (Å²) < 4.78 is 0. The summed E-state index contributed by atoms with van der Waals surface area (Å²) in [6.45, 7) is 0.0238. The van der Waals surface area contributed by atoms with Crippen LogP contribution in [0.25, 0.3) is 0 Å². The van der Waals surface area contributed by atoms with Crippen LogP contribution in [-0.4, -0.2) is 29.3 Å². The van der Waals surface area contributed by atoms with Gasteiger partial charge in [-0.3, -0.25) is 4.79 Å². The highest BCUT2D eigenvalue weighted by atomic mass is 16.3. The van der Waals surface area contributed by atoms with Crippen molar-refractivity contribution in [2.24, 2.45) is 0 Å². The largest absolute Gasteiger partial charge is 0.395 e. The van der Waals surface area contributed by atoms with Crippen molar-refractivity contribution in [2.45, 2.75) is 6.10 Å². The molecule has 1 amide bonds. The molecule has 76 valence electrons. The predicted molar refractivity (Wildman–Crippen MR) is 51.5 cm³/mol. The van der Waals surface area contributed by atoms with Crippen LogP contribution in [-0.2, 0) is 4.79 Å². The topological polar surface area (TPSA) is 69.6 Å². The molecular formula is C10H13NO3. The van der Waals surface area contributed by atoms with Crippen molar-refractivity contribution in [3.63, 3.8) is 0 Å². The fourth-order valence-electron chi connectivity index (χ4n) is 1.06. The molecule has 0 spiro atoms. The maximum atomic E-state index is 11.2. The van der Waals surface area contributed by atoms with Crippen molar-refractivity contribution < 1.29 is 15.0 Å². The second-order valence-corrected chi connectivity index (χ2v) is 2.83. The smallest absolute Gasteiger partial charge is 0.253 e. The predicted octanol–water partition coefficient (Wildman–Crippen LogP) is -0.172. The molecule has 3 N–H and O–H groups in total. The molecule has 0 aliphatic heterocycles. The van der Waals surface area contributed by atoms with Gasteiger partial charge in [0.25, 0.3) is 5.91 Å². The molecule has 0 fully saturated rings. The van der Waals surface area contributed by atoms with Gasteiger partial charge in [0.1, 0.15) is 0 Å². The molecule has 0 aromatic heterocycles. The molecule has 0 saturated carbocycles. The lowest BCUT2D eigenvalue weighted by Crippen LogP contribution is -2.31. The number of aliphatic hydroxyl groups is 2. The molecule has 14 heavy (non-hydrogen) atoms. The minimum absolute atomic E-state index is 0.132. The molecule has 0 bridgehead atoms. The Morgan fingerprint density at radius 3 is 2.57 bits per heavy atom. The summed E-state index contributed by atoms with van der Waals surface area (Å²) >= 11 is 0. The van der Waals surface area contributed by atoms with Crippen LogP contribution in [0.2, 0.25) is 0 Å². The Kier molecular flexibility index (Phi) is 4.10. The van der Waals surface area contributed by atoms with E-state index in [0.29, 0.717) is 5.56 Å². The van der Waals surface area contributed by atoms with Gasteiger partial charge in [-0.1, -0.05) is 30.3 Å². The number of hydrogen-bond donors (Lipinski definition) is 3. The first-order chi connectivity index (χ1) is 6.75. The second-order valence-electron chi connectivity index (χ2n) is 2.83. The van der Waals surface area contributed by atoms with E-state index in [1.807, 2.05) is 6.07 Å². The number of rotatable bonds is 4. The van der Waals surface area contributed by atoms with Crippen molar-refractivity contribution in [2.75, 3.05) is 13.2 Å². The molecule has 1 unspecified atom stereocenters. The summed E-state index contributed by atoms with van der Waals surface area (Å²) in [7, 11) is 0. The van der Waals surface area contributed by atoms with Crippen LogP contribution in [0.4, 0.5) is 0 Å². The van der Waals surface area contributed by atoms with E-state index in [0.717, 1.165) is 0 Å². The Bertz CT molecular complexity index is 287. The fraction of sp³-hybridized carbons (Fsp3) is 0.300. The van der Waals surface area contributed by atoms with Crippen LogP contribution in [0.15, 0.2) is 30.3 Å². The summed E-state index contributed by atoms with van der Waals surface area (Å²) in [5, 5.41) is 20.4. The Hall–Kier alpha value is -1.39. The molecule has 0 aliphatic carbocycles. The summed E-state index contributed by atoms with van der Waals surface area (Å²) in [5.74, 6) is -0.495. The highest BCUT2D eigenvalue weighted by molar-refractivity contribution is 5.81. The molecule has 0 heterocycles. The van der Waals surface area contributed by atoms with E-state index >= 15 is 0 Å². The average molecular weight is 195 g/mol. The van der Waals surface area contributed by atoms with E-state index in [2.05, 4.69) is 5.32 Å². The van der Waals surface area contributed by atoms with E-state index < -0.39 is 12.0 Å². The van der Waals surface area contributed by atoms with Crippen molar-refractivity contribution in [3.05, 3.63) is 35.9 Å². The number of aliphatic hydroxyl groups excluding tert-OH is 2. The number of amides is 1. The van der Waals surface area contributed by atoms with E-state index in [4.69, 9.17) is 5.11 Å². The molecule has 1 atom stereocenters. The van der Waals surface area contributed by atoms with Crippen molar-refractivity contribution >= 4 is 5.91 Å². The number of nitrogens with one attached hydrogen (secondary N) is 1. The number of carbonyl (C=O) groups excluding carboxylic acids is 1. The number of hydrogen-bond acceptors (Lipinski definition) is 3. The lowest BCUT2D eigenvalue weighted by atomic mass is 10.1. The van der Waals surface area contributed by atoms with Gasteiger partial charge in [0.05, 0.1) is 6.61 Å². The maximum Gasteiger partial charge on any atom is 0.253 e. The lowest BCUT2D eigenvalue weighted by Gasteiger charge is -2.10. The summed E-state index contributed by atoms with van der Waals surface area (Å²) in [5.41, 5.74) is 0.544. The van der Waals surface area contributed by atoms with Gasteiger partial charge in [-0.2, -0.15) is 0 Å². The molecule has 0 saturated heterocycles. The third-order valence-electron chi connectivity index (χ3n) is 1.77. The minimum Gasteiger partial charge on any atom is -0.395 e. The van der Waals surface area contributed by atoms with E-state index in [-0.39, 0.29) is 13.2 Å². The highest BCUT2D eigenvalue weighted by Crippen LogP contribution is 2.11. The Balaban J connectivity index is 2.57. The molecule has 0 radical (unpaired) electrons. The SMILES string of the molecule is O=C(NCCO)C(O)c1ccccc1. The zero-order valence-electron chi connectivity index (χ0n) is 7.68. The first-order valence-corrected chi connectivity index (χ1v) is 4.37. The van der Waals surface area contributed by atoms with Gasteiger partial charge < -0.3 is 15.5 Å². The molecule has 1 aromatic carbocycles. The molecule has 1 aromatic rings. The van der Waals surface area contributed by atoms with Crippen molar-refractivity contribution in [1.82, 2.24) is 5.32 Å². The van der Waals surface area contributed by atoms with Crippen LogP contribution in [0, 0.1) is 0 Å². The van der Waals surface area contributed by atoms with E-state index in [1.165, 1.54) is 0 Å². The molecule has 4 nitrogen and oxygen atoms in total. The van der Waals surface area contributed by atoms with Crippen LogP contribution >= 0.6 is 0 Å². The van der Waals surface area contributed by atoms with Gasteiger partial charge in [0.2, 0.25) is 0 Å². The van der Waals surface area contributed by atoms with Crippen LogP contribution in [0.1, 0.15) is 11.7 Å². The molecular weight excluding hydrogens is 182 g/mol. The molecule has 4 heteroatoms. The van der Waals surface area contributed by atoms with Gasteiger partial charge in [0, 0.05) is 6.54 Å². The van der Waals surface area contributed by atoms with Crippen LogP contribution in [0.5, 0.6) is 0 Å². The van der Waals surface area contributed by atoms with Gasteiger partial charge in [-0.05, 0) is 5.56 Å². The third-order valence-corrected chi connectivity index (χ3v) is 1.77. The zero-order chi connectivity index (χ0) is 10.4. The number of benzene rings is 1. The third kappa shape index (κ3) is 2.83. The first-order valence-electron chi connectivity index (χ1n) is 4.37. The maximum absolute atomic E-state index is 11.2. The number of carbonyl (C=O) groups is 1. The fourth-order valence-corrected chi connectivity index (χ4v) is 1.06. The second kappa shape index (κ2) is 5.36. The van der Waals surface area contributed by atoms with Crippen LogP contribution in [0.3, 0.4) is 0 Å². The minimum atomic E-state index is -1.16. The quantitative estimate of drug-likeness (QED) is 0.624. The molecule has 1 rings (SSSR count). The van der Waals surface area contributed by atoms with Crippen LogP contribution < -0.4 is 5.32 Å². The van der Waals surface area contributed by atoms with Crippen molar-refractivity contribution in [3.8, 4) is 0 Å². The monoisotopic (exact) mass is 195 g/mol. The Labute approximate surface area is 82.2 Å². The normalized spacial score (nSPS) is 12.1. The Morgan fingerprint density at radius 2 is 2.00 bits per heavy atom. The van der Waals surface area contributed by atoms with Gasteiger partial charge in [0.15, 0.2) is 6.10 Å². The van der Waals surface area contributed by atoms with Gasteiger partial charge >= 0.3 is 0 Å². The first kappa shape index (κ1) is 10.7. The Morgan fingerprint density at radius 1 is 1.36 bits per heavy atom. The van der Waals surface area contributed by atoms with Crippen molar-refractivity contribution in [1.29, 1.82) is 0 Å². The summed E-state index contributed by atoms with van der Waals surface area (Å²) in [6.07, 6.45) is -1.16. The van der Waals surface area contributed by atoms with E-state index in [1.54, 1.807) is 24.3 Å². The average Bonchev–Trinajstić information content (AvgIpc) is 2.26. The van der Waals surface area contributed by atoms with Gasteiger partial charge in [-0.15, -0.1) is 0 Å².